The van der Waals surface area contributed by atoms with Crippen LogP contribution in [-0.4, -0.2) is 23.6 Å². The molecule has 5 heteroatoms. The number of carbonyl (C=O) groups excluding carboxylic acids is 1. The summed E-state index contributed by atoms with van der Waals surface area (Å²) in [6.45, 7) is 6.46. The molecule has 0 bridgehead atoms. The third-order valence-corrected chi connectivity index (χ3v) is 3.34. The predicted octanol–water partition coefficient (Wildman–Crippen LogP) is 3.20. The Morgan fingerprint density at radius 2 is 2.09 bits per heavy atom. The van der Waals surface area contributed by atoms with Gasteiger partial charge in [0.05, 0.1) is 0 Å². The van der Waals surface area contributed by atoms with Gasteiger partial charge in [0.1, 0.15) is 17.4 Å². The van der Waals surface area contributed by atoms with Crippen molar-refractivity contribution in [2.75, 3.05) is 11.9 Å². The summed E-state index contributed by atoms with van der Waals surface area (Å²) in [4.78, 5) is 11.6. The molecule has 0 aliphatic heterocycles. The molecule has 1 aromatic carbocycles. The van der Waals surface area contributed by atoms with E-state index in [0.717, 1.165) is 17.5 Å². The van der Waals surface area contributed by atoms with Crippen molar-refractivity contribution in [3.8, 4) is 0 Å². The molecule has 3 N–H and O–H groups in total. The van der Waals surface area contributed by atoms with Gasteiger partial charge in [0, 0.05) is 30.1 Å². The number of aliphatic hydroxyl groups is 1. The van der Waals surface area contributed by atoms with Gasteiger partial charge in [0.15, 0.2) is 0 Å². The summed E-state index contributed by atoms with van der Waals surface area (Å²) in [5.41, 5.74) is 1.44. The van der Waals surface area contributed by atoms with E-state index in [2.05, 4.69) is 10.6 Å². The first-order valence-corrected chi connectivity index (χ1v) is 7.74. The van der Waals surface area contributed by atoms with E-state index >= 15 is 0 Å². The summed E-state index contributed by atoms with van der Waals surface area (Å²) in [6, 6.07) is 7.60. The number of rotatable bonds is 7. The summed E-state index contributed by atoms with van der Waals surface area (Å²) >= 11 is 0. The number of hydrogen-bond donors (Lipinski definition) is 3. The summed E-state index contributed by atoms with van der Waals surface area (Å²) in [5, 5.41) is 17.0. The Labute approximate surface area is 130 Å². The van der Waals surface area contributed by atoms with Crippen LogP contribution in [-0.2, 0) is 4.79 Å². The number of nitrogens with one attached hydrogen (secondary N) is 2. The zero-order valence-corrected chi connectivity index (χ0v) is 13.3. The van der Waals surface area contributed by atoms with Gasteiger partial charge in [0.2, 0.25) is 5.91 Å². The van der Waals surface area contributed by atoms with Crippen LogP contribution < -0.4 is 10.6 Å². The second kappa shape index (κ2) is 7.42. The fraction of sp³-hybridized carbons (Fsp3) is 0.471. The van der Waals surface area contributed by atoms with E-state index in [4.69, 9.17) is 4.42 Å². The molecule has 0 fully saturated rings. The molecule has 1 heterocycles. The number of fused-ring (bicyclic) bond motifs is 1. The average molecular weight is 304 g/mol. The highest BCUT2D eigenvalue weighted by molar-refractivity contribution is 5.93. The van der Waals surface area contributed by atoms with Gasteiger partial charge in [-0.1, -0.05) is 20.8 Å². The van der Waals surface area contributed by atoms with Crippen LogP contribution in [0, 0.1) is 0 Å². The van der Waals surface area contributed by atoms with Crippen molar-refractivity contribution in [3.63, 3.8) is 0 Å². The molecule has 2 rings (SSSR count). The molecule has 0 saturated carbocycles. The van der Waals surface area contributed by atoms with E-state index in [-0.39, 0.29) is 5.91 Å². The Hall–Kier alpha value is -1.85. The zero-order valence-electron chi connectivity index (χ0n) is 13.3. The maximum Gasteiger partial charge on any atom is 0.224 e. The Balaban J connectivity index is 2.11. The average Bonchev–Trinajstić information content (AvgIpc) is 2.88. The Bertz CT molecular complexity index is 634. The molecule has 22 heavy (non-hydrogen) atoms. The molecule has 2 aromatic rings. The largest absolute Gasteiger partial charge is 0.458 e. The van der Waals surface area contributed by atoms with Gasteiger partial charge in [-0.05, 0) is 30.7 Å². The summed E-state index contributed by atoms with van der Waals surface area (Å²) < 4.78 is 5.67. The molecule has 1 amide bonds. The first-order valence-electron chi connectivity index (χ1n) is 7.74. The molecule has 0 saturated heterocycles. The van der Waals surface area contributed by atoms with Crippen LogP contribution in [0.1, 0.15) is 45.5 Å². The maximum atomic E-state index is 11.6. The highest BCUT2D eigenvalue weighted by Gasteiger charge is 2.14. The summed E-state index contributed by atoms with van der Waals surface area (Å²) in [5.74, 6) is 0.534. The predicted molar refractivity (Wildman–Crippen MR) is 87.9 cm³/mol. The first-order chi connectivity index (χ1) is 10.5. The number of benzene rings is 1. The van der Waals surface area contributed by atoms with Crippen molar-refractivity contribution in [3.05, 3.63) is 30.0 Å². The monoisotopic (exact) mass is 304 g/mol. The van der Waals surface area contributed by atoms with Crippen LogP contribution in [0.5, 0.6) is 0 Å². The van der Waals surface area contributed by atoms with Crippen LogP contribution in [0.2, 0.25) is 0 Å². The van der Waals surface area contributed by atoms with Crippen LogP contribution in [0.4, 0.5) is 5.69 Å². The van der Waals surface area contributed by atoms with Crippen LogP contribution >= 0.6 is 0 Å². The molecule has 0 spiro atoms. The number of aliphatic hydroxyl groups excluding tert-OH is 1. The number of amides is 1. The second-order valence-corrected chi connectivity index (χ2v) is 5.78. The molecule has 1 aromatic heterocycles. The van der Waals surface area contributed by atoms with Crippen LogP contribution in [0.25, 0.3) is 11.0 Å². The summed E-state index contributed by atoms with van der Waals surface area (Å²) in [7, 11) is 0. The lowest BCUT2D eigenvalue weighted by atomic mass is 10.2. The lowest BCUT2D eigenvalue weighted by molar-refractivity contribution is -0.116. The molecule has 120 valence electrons. The Kier molecular flexibility index (Phi) is 5.57. The fourth-order valence-electron chi connectivity index (χ4n) is 2.20. The third-order valence-electron chi connectivity index (χ3n) is 3.34. The van der Waals surface area contributed by atoms with Crippen molar-refractivity contribution in [1.29, 1.82) is 0 Å². The van der Waals surface area contributed by atoms with Gasteiger partial charge in [-0.2, -0.15) is 0 Å². The molecular weight excluding hydrogens is 280 g/mol. The molecule has 5 nitrogen and oxygen atoms in total. The van der Waals surface area contributed by atoms with Crippen LogP contribution in [0.15, 0.2) is 28.7 Å². The van der Waals surface area contributed by atoms with Gasteiger partial charge in [-0.25, -0.2) is 0 Å². The highest BCUT2D eigenvalue weighted by Crippen LogP contribution is 2.26. The molecule has 0 radical (unpaired) electrons. The number of furan rings is 1. The Morgan fingerprint density at radius 3 is 2.77 bits per heavy atom. The van der Waals surface area contributed by atoms with Crippen molar-refractivity contribution < 1.29 is 14.3 Å². The maximum absolute atomic E-state index is 11.6. The molecule has 0 aliphatic rings. The second-order valence-electron chi connectivity index (χ2n) is 5.78. The van der Waals surface area contributed by atoms with Gasteiger partial charge in [0.25, 0.3) is 0 Å². The fourth-order valence-corrected chi connectivity index (χ4v) is 2.20. The molecule has 0 aliphatic carbocycles. The van der Waals surface area contributed by atoms with Gasteiger partial charge in [-0.15, -0.1) is 0 Å². The number of hydrogen-bond acceptors (Lipinski definition) is 4. The van der Waals surface area contributed by atoms with E-state index in [1.807, 2.05) is 45.0 Å². The lowest BCUT2D eigenvalue weighted by Crippen LogP contribution is -2.27. The minimum absolute atomic E-state index is 0.00624. The third kappa shape index (κ3) is 4.32. The van der Waals surface area contributed by atoms with Gasteiger partial charge in [-0.3, -0.25) is 4.79 Å². The smallest absolute Gasteiger partial charge is 0.224 e. The summed E-state index contributed by atoms with van der Waals surface area (Å²) in [6.07, 6.45) is 0.640. The minimum Gasteiger partial charge on any atom is -0.458 e. The van der Waals surface area contributed by atoms with Crippen molar-refractivity contribution in [1.82, 2.24) is 5.32 Å². The number of carbonyl (C=O) groups is 1. The highest BCUT2D eigenvalue weighted by atomic mass is 16.4. The molecule has 1 unspecified atom stereocenters. The SMILES string of the molecule is CCCC(=O)Nc1ccc2oc(C(O)CNC(C)C)cc2c1. The quantitative estimate of drug-likeness (QED) is 0.734. The van der Waals surface area contributed by atoms with E-state index < -0.39 is 6.10 Å². The van der Waals surface area contributed by atoms with Crippen molar-refractivity contribution in [2.45, 2.75) is 45.8 Å². The van der Waals surface area contributed by atoms with Gasteiger partial charge >= 0.3 is 0 Å². The van der Waals surface area contributed by atoms with Crippen molar-refractivity contribution in [2.24, 2.45) is 0 Å². The van der Waals surface area contributed by atoms with E-state index in [1.165, 1.54) is 0 Å². The van der Waals surface area contributed by atoms with Crippen LogP contribution in [0.3, 0.4) is 0 Å². The van der Waals surface area contributed by atoms with E-state index in [0.29, 0.717) is 30.4 Å². The van der Waals surface area contributed by atoms with Crippen molar-refractivity contribution >= 4 is 22.6 Å². The standard InChI is InChI=1S/C17H24N2O3/c1-4-5-17(21)19-13-6-7-15-12(8-13)9-16(22-15)14(20)10-18-11(2)3/h6-9,11,14,18,20H,4-5,10H2,1-3H3,(H,19,21). The number of anilines is 1. The minimum atomic E-state index is -0.687. The first kappa shape index (κ1) is 16.5. The lowest BCUT2D eigenvalue weighted by Gasteiger charge is -2.11. The van der Waals surface area contributed by atoms with E-state index in [9.17, 15) is 9.90 Å². The zero-order chi connectivity index (χ0) is 16.1. The molecule has 1 atom stereocenters. The van der Waals surface area contributed by atoms with E-state index in [1.54, 1.807) is 0 Å². The Morgan fingerprint density at radius 1 is 1.32 bits per heavy atom. The molecular formula is C17H24N2O3. The van der Waals surface area contributed by atoms with Gasteiger partial charge < -0.3 is 20.2 Å². The normalized spacial score (nSPS) is 12.8. The topological polar surface area (TPSA) is 74.5 Å².